The minimum atomic E-state index is -0.748. The highest BCUT2D eigenvalue weighted by molar-refractivity contribution is 6.30. The van der Waals surface area contributed by atoms with Gasteiger partial charge in [0.2, 0.25) is 0 Å². The normalized spacial score (nSPS) is 23.6. The van der Waals surface area contributed by atoms with Crippen molar-refractivity contribution in [2.75, 3.05) is 7.11 Å². The van der Waals surface area contributed by atoms with Crippen LogP contribution in [0.15, 0.2) is 18.2 Å². The maximum atomic E-state index is 10.8. The molecule has 1 aromatic carbocycles. The zero-order valence-corrected chi connectivity index (χ0v) is 8.99. The van der Waals surface area contributed by atoms with Crippen LogP contribution >= 0.6 is 11.6 Å². The second-order valence-electron chi connectivity index (χ2n) is 3.67. The van der Waals surface area contributed by atoms with Gasteiger partial charge in [-0.2, -0.15) is 0 Å². The van der Waals surface area contributed by atoms with Gasteiger partial charge in [-0.25, -0.2) is 0 Å². The van der Waals surface area contributed by atoms with Crippen LogP contribution in [0.1, 0.15) is 17.9 Å². The lowest BCUT2D eigenvalue weighted by atomic mass is 10.1. The van der Waals surface area contributed by atoms with Gasteiger partial charge in [-0.1, -0.05) is 11.6 Å². The number of ether oxygens (including phenoxy) is 1. The summed E-state index contributed by atoms with van der Waals surface area (Å²) in [5.74, 6) is -0.260. The van der Waals surface area contributed by atoms with Crippen molar-refractivity contribution < 1.29 is 14.6 Å². The van der Waals surface area contributed by atoms with Crippen LogP contribution in [0.25, 0.3) is 0 Å². The van der Waals surface area contributed by atoms with Crippen LogP contribution in [-0.2, 0) is 4.79 Å². The third kappa shape index (κ3) is 1.92. The Morgan fingerprint density at radius 2 is 2.33 bits per heavy atom. The molecule has 0 aromatic heterocycles. The van der Waals surface area contributed by atoms with E-state index in [9.17, 15) is 4.79 Å². The molecule has 1 aromatic rings. The molecule has 0 amide bonds. The molecule has 0 spiro atoms. The van der Waals surface area contributed by atoms with Crippen LogP contribution in [0.3, 0.4) is 0 Å². The van der Waals surface area contributed by atoms with Crippen LogP contribution < -0.4 is 4.74 Å². The molecule has 15 heavy (non-hydrogen) atoms. The molecule has 4 heteroatoms. The molecule has 1 fully saturated rings. The average Bonchev–Trinajstić information content (AvgIpc) is 2.97. The maximum Gasteiger partial charge on any atom is 0.307 e. The van der Waals surface area contributed by atoms with Crippen LogP contribution in [0.4, 0.5) is 0 Å². The summed E-state index contributed by atoms with van der Waals surface area (Å²) in [5.41, 5.74) is 0.900. The van der Waals surface area contributed by atoms with Gasteiger partial charge in [0.1, 0.15) is 5.75 Å². The summed E-state index contributed by atoms with van der Waals surface area (Å²) in [5, 5.41) is 9.46. The Morgan fingerprint density at radius 3 is 2.87 bits per heavy atom. The molecule has 1 aliphatic rings. The Balaban J connectivity index is 2.28. The Hall–Kier alpha value is -1.22. The van der Waals surface area contributed by atoms with Gasteiger partial charge in [0.05, 0.1) is 13.0 Å². The fraction of sp³-hybridized carbons (Fsp3) is 0.364. The molecule has 2 atom stereocenters. The van der Waals surface area contributed by atoms with E-state index in [0.29, 0.717) is 17.2 Å². The van der Waals surface area contributed by atoms with E-state index in [1.807, 2.05) is 0 Å². The van der Waals surface area contributed by atoms with Gasteiger partial charge in [-0.15, -0.1) is 0 Å². The van der Waals surface area contributed by atoms with Gasteiger partial charge < -0.3 is 9.84 Å². The SMILES string of the molecule is COc1ccc(Cl)cc1[C@@H]1C[C@H]1C(=O)O. The first kappa shape index (κ1) is 10.3. The van der Waals surface area contributed by atoms with Gasteiger partial charge in [0.15, 0.2) is 0 Å². The summed E-state index contributed by atoms with van der Waals surface area (Å²) < 4.78 is 5.18. The van der Waals surface area contributed by atoms with Crippen molar-refractivity contribution in [3.63, 3.8) is 0 Å². The lowest BCUT2D eigenvalue weighted by molar-refractivity contribution is -0.138. The molecule has 0 saturated heterocycles. The predicted molar refractivity (Wildman–Crippen MR) is 56.5 cm³/mol. The Kier molecular flexibility index (Phi) is 2.57. The lowest BCUT2D eigenvalue weighted by Crippen LogP contribution is -2.00. The molecule has 3 nitrogen and oxygen atoms in total. The standard InChI is InChI=1S/C11H11ClO3/c1-15-10-3-2-6(12)4-8(10)7-5-9(7)11(13)14/h2-4,7,9H,5H2,1H3,(H,13,14)/t7-,9+/m0/s1. The van der Waals surface area contributed by atoms with Crippen molar-refractivity contribution in [1.29, 1.82) is 0 Å². The average molecular weight is 227 g/mol. The molecule has 80 valence electrons. The van der Waals surface area contributed by atoms with Crippen LogP contribution in [0.5, 0.6) is 5.75 Å². The van der Waals surface area contributed by atoms with Crippen LogP contribution in [-0.4, -0.2) is 18.2 Å². The monoisotopic (exact) mass is 226 g/mol. The third-order valence-electron chi connectivity index (χ3n) is 2.70. The number of aliphatic carboxylic acids is 1. The molecule has 1 aliphatic carbocycles. The van der Waals surface area contributed by atoms with Crippen molar-refractivity contribution in [2.24, 2.45) is 5.92 Å². The topological polar surface area (TPSA) is 46.5 Å². The quantitative estimate of drug-likeness (QED) is 0.862. The number of hydrogen-bond donors (Lipinski definition) is 1. The fourth-order valence-electron chi connectivity index (χ4n) is 1.81. The highest BCUT2D eigenvalue weighted by Crippen LogP contribution is 2.50. The lowest BCUT2D eigenvalue weighted by Gasteiger charge is -2.07. The number of halogens is 1. The van der Waals surface area contributed by atoms with Crippen LogP contribution in [0, 0.1) is 5.92 Å². The van der Waals surface area contributed by atoms with E-state index in [1.165, 1.54) is 0 Å². The van der Waals surface area contributed by atoms with E-state index in [2.05, 4.69) is 0 Å². The summed E-state index contributed by atoms with van der Waals surface area (Å²) in [6.45, 7) is 0. The van der Waals surface area contributed by atoms with Gasteiger partial charge in [0, 0.05) is 10.9 Å². The fourth-order valence-corrected chi connectivity index (χ4v) is 1.99. The Morgan fingerprint density at radius 1 is 1.60 bits per heavy atom. The van der Waals surface area contributed by atoms with E-state index < -0.39 is 5.97 Å². The van der Waals surface area contributed by atoms with E-state index in [0.717, 1.165) is 5.56 Å². The zero-order valence-electron chi connectivity index (χ0n) is 8.24. The van der Waals surface area contributed by atoms with Gasteiger partial charge in [-0.3, -0.25) is 4.79 Å². The largest absolute Gasteiger partial charge is 0.496 e. The molecule has 2 rings (SSSR count). The second-order valence-corrected chi connectivity index (χ2v) is 4.11. The highest BCUT2D eigenvalue weighted by Gasteiger charge is 2.45. The predicted octanol–water partition coefficient (Wildman–Crippen LogP) is 2.54. The molecular weight excluding hydrogens is 216 g/mol. The molecule has 0 unspecified atom stereocenters. The first-order valence-electron chi connectivity index (χ1n) is 4.69. The number of benzene rings is 1. The Labute approximate surface area is 92.6 Å². The smallest absolute Gasteiger partial charge is 0.307 e. The number of carboxylic acid groups (broad SMARTS) is 1. The van der Waals surface area contributed by atoms with Gasteiger partial charge >= 0.3 is 5.97 Å². The molecule has 0 aliphatic heterocycles. The second kappa shape index (κ2) is 3.74. The van der Waals surface area contributed by atoms with E-state index in [-0.39, 0.29) is 11.8 Å². The van der Waals surface area contributed by atoms with Crippen molar-refractivity contribution in [3.05, 3.63) is 28.8 Å². The molecular formula is C11H11ClO3. The summed E-state index contributed by atoms with van der Waals surface area (Å²) in [4.78, 5) is 10.8. The minimum Gasteiger partial charge on any atom is -0.496 e. The van der Waals surface area contributed by atoms with Crippen LogP contribution in [0.2, 0.25) is 5.02 Å². The molecule has 0 radical (unpaired) electrons. The van der Waals surface area contributed by atoms with Gasteiger partial charge in [0.25, 0.3) is 0 Å². The zero-order chi connectivity index (χ0) is 11.0. The van der Waals surface area contributed by atoms with E-state index >= 15 is 0 Å². The summed E-state index contributed by atoms with van der Waals surface area (Å²) in [7, 11) is 1.57. The first-order chi connectivity index (χ1) is 7.13. The summed E-state index contributed by atoms with van der Waals surface area (Å²) in [6, 6.07) is 5.30. The van der Waals surface area contributed by atoms with Crippen molar-refractivity contribution in [1.82, 2.24) is 0 Å². The first-order valence-corrected chi connectivity index (χ1v) is 5.07. The molecule has 1 N–H and O–H groups in total. The summed E-state index contributed by atoms with van der Waals surface area (Å²) in [6.07, 6.45) is 0.673. The maximum absolute atomic E-state index is 10.8. The number of rotatable bonds is 3. The molecule has 0 bridgehead atoms. The highest BCUT2D eigenvalue weighted by atomic mass is 35.5. The number of hydrogen-bond acceptors (Lipinski definition) is 2. The van der Waals surface area contributed by atoms with Crippen molar-refractivity contribution in [2.45, 2.75) is 12.3 Å². The number of carbonyl (C=O) groups is 1. The number of methoxy groups -OCH3 is 1. The van der Waals surface area contributed by atoms with E-state index in [4.69, 9.17) is 21.4 Å². The van der Waals surface area contributed by atoms with E-state index in [1.54, 1.807) is 25.3 Å². The molecule has 0 heterocycles. The minimum absolute atomic E-state index is 0.0520. The van der Waals surface area contributed by atoms with Crippen molar-refractivity contribution >= 4 is 17.6 Å². The number of carboxylic acids is 1. The Bertz CT molecular complexity index is 403. The summed E-state index contributed by atoms with van der Waals surface area (Å²) >= 11 is 5.87. The van der Waals surface area contributed by atoms with Gasteiger partial charge in [-0.05, 0) is 30.2 Å². The third-order valence-corrected chi connectivity index (χ3v) is 2.93. The van der Waals surface area contributed by atoms with Crippen molar-refractivity contribution in [3.8, 4) is 5.75 Å². The molecule has 1 saturated carbocycles.